The van der Waals surface area contributed by atoms with Gasteiger partial charge >= 0.3 is 5.69 Å². The molecule has 0 radical (unpaired) electrons. The second-order valence-corrected chi connectivity index (χ2v) is 8.57. The van der Waals surface area contributed by atoms with E-state index in [0.717, 1.165) is 16.0 Å². The largest absolute Gasteiger partial charge is 0.396 e. The molecule has 27 heavy (non-hydrogen) atoms. The monoisotopic (exact) mass is 390 g/mol. The third-order valence-electron chi connectivity index (χ3n) is 5.40. The lowest BCUT2D eigenvalue weighted by Crippen LogP contribution is -2.35. The van der Waals surface area contributed by atoms with Gasteiger partial charge in [0.2, 0.25) is 0 Å². The normalized spacial score (nSPS) is 17.9. The Morgan fingerprint density at radius 2 is 1.81 bits per heavy atom. The summed E-state index contributed by atoms with van der Waals surface area (Å²) in [6.07, 6.45) is 1.18. The SMILES string of the molecule is CCc1c(Sc2cc(C)cc(C)c2)n(CC2CC2(CO)CO)c(=O)[nH]c1=O. The molecule has 1 aliphatic rings. The van der Waals surface area contributed by atoms with Crippen molar-refractivity contribution in [1.29, 1.82) is 0 Å². The van der Waals surface area contributed by atoms with Crippen molar-refractivity contribution in [2.24, 2.45) is 11.3 Å². The predicted octanol–water partition coefficient (Wildman–Crippen LogP) is 1.86. The van der Waals surface area contributed by atoms with E-state index in [0.29, 0.717) is 30.0 Å². The topological polar surface area (TPSA) is 95.3 Å². The van der Waals surface area contributed by atoms with Crippen LogP contribution in [0.15, 0.2) is 37.7 Å². The number of rotatable bonds is 7. The molecule has 1 saturated carbocycles. The molecule has 0 bridgehead atoms. The Bertz CT molecular complexity index is 939. The van der Waals surface area contributed by atoms with Crippen LogP contribution in [0.1, 0.15) is 30.0 Å². The molecule has 146 valence electrons. The molecule has 1 unspecified atom stereocenters. The first kappa shape index (κ1) is 19.9. The van der Waals surface area contributed by atoms with Crippen molar-refractivity contribution in [2.75, 3.05) is 13.2 Å². The number of aromatic amines is 1. The predicted molar refractivity (Wildman–Crippen MR) is 105 cm³/mol. The molecule has 7 heteroatoms. The minimum Gasteiger partial charge on any atom is -0.396 e. The first-order chi connectivity index (χ1) is 12.8. The van der Waals surface area contributed by atoms with Crippen LogP contribution < -0.4 is 11.2 Å². The molecule has 6 nitrogen and oxygen atoms in total. The van der Waals surface area contributed by atoms with E-state index in [9.17, 15) is 19.8 Å². The number of nitrogens with one attached hydrogen (secondary N) is 1. The molecule has 3 N–H and O–H groups in total. The second kappa shape index (κ2) is 7.66. The summed E-state index contributed by atoms with van der Waals surface area (Å²) in [5.74, 6) is 0.0133. The van der Waals surface area contributed by atoms with Gasteiger partial charge in [-0.15, -0.1) is 0 Å². The lowest BCUT2D eigenvalue weighted by Gasteiger charge is -2.17. The second-order valence-electron chi connectivity index (χ2n) is 7.51. The van der Waals surface area contributed by atoms with E-state index in [4.69, 9.17) is 0 Å². The zero-order chi connectivity index (χ0) is 19.8. The van der Waals surface area contributed by atoms with Gasteiger partial charge in [0.15, 0.2) is 0 Å². The number of aromatic nitrogens is 2. The molecule has 3 rings (SSSR count). The van der Waals surface area contributed by atoms with Gasteiger partial charge in [0.05, 0.1) is 18.2 Å². The molecular weight excluding hydrogens is 364 g/mol. The minimum atomic E-state index is -0.524. The number of benzene rings is 1. The third-order valence-corrected chi connectivity index (χ3v) is 6.53. The highest BCUT2D eigenvalue weighted by atomic mass is 32.2. The fraction of sp³-hybridized carbons (Fsp3) is 0.500. The first-order valence-corrected chi connectivity index (χ1v) is 9.99. The fourth-order valence-electron chi connectivity index (χ4n) is 3.64. The maximum Gasteiger partial charge on any atom is 0.329 e. The highest BCUT2D eigenvalue weighted by Gasteiger charge is 2.53. The van der Waals surface area contributed by atoms with Crippen LogP contribution in [-0.4, -0.2) is 33.0 Å². The highest BCUT2D eigenvalue weighted by Crippen LogP contribution is 2.52. The Morgan fingerprint density at radius 3 is 2.33 bits per heavy atom. The van der Waals surface area contributed by atoms with Gasteiger partial charge in [-0.2, -0.15) is 0 Å². The van der Waals surface area contributed by atoms with Gasteiger partial charge in [-0.25, -0.2) is 4.79 Å². The van der Waals surface area contributed by atoms with E-state index in [1.54, 1.807) is 4.57 Å². The fourth-order valence-corrected chi connectivity index (χ4v) is 4.98. The summed E-state index contributed by atoms with van der Waals surface area (Å²) in [6.45, 7) is 6.09. The Hall–Kier alpha value is -1.83. The average molecular weight is 391 g/mol. The highest BCUT2D eigenvalue weighted by molar-refractivity contribution is 7.99. The van der Waals surface area contributed by atoms with Crippen molar-refractivity contribution in [3.8, 4) is 0 Å². The van der Waals surface area contributed by atoms with Gasteiger partial charge < -0.3 is 10.2 Å². The number of aliphatic hydroxyl groups is 2. The number of hydrogen-bond acceptors (Lipinski definition) is 5. The molecule has 1 aromatic heterocycles. The molecule has 0 amide bonds. The van der Waals surface area contributed by atoms with Crippen LogP contribution in [0.2, 0.25) is 0 Å². The van der Waals surface area contributed by atoms with E-state index in [2.05, 4.69) is 11.1 Å². The lowest BCUT2D eigenvalue weighted by atomic mass is 10.1. The Morgan fingerprint density at radius 1 is 1.19 bits per heavy atom. The Labute approximate surface area is 162 Å². The average Bonchev–Trinajstić information content (AvgIpc) is 3.31. The van der Waals surface area contributed by atoms with E-state index < -0.39 is 11.1 Å². The van der Waals surface area contributed by atoms with Crippen LogP contribution >= 0.6 is 11.8 Å². The quantitative estimate of drug-likeness (QED) is 0.627. The molecule has 1 aliphatic carbocycles. The van der Waals surface area contributed by atoms with Crippen LogP contribution in [0, 0.1) is 25.2 Å². The smallest absolute Gasteiger partial charge is 0.329 e. The molecule has 1 heterocycles. The zero-order valence-electron chi connectivity index (χ0n) is 15.9. The summed E-state index contributed by atoms with van der Waals surface area (Å²) in [6, 6.07) is 6.16. The summed E-state index contributed by atoms with van der Waals surface area (Å²) in [5.41, 5.74) is 1.51. The number of aryl methyl sites for hydroxylation is 2. The first-order valence-electron chi connectivity index (χ1n) is 9.17. The molecule has 0 saturated heterocycles. The van der Waals surface area contributed by atoms with E-state index >= 15 is 0 Å². The van der Waals surface area contributed by atoms with Crippen molar-refractivity contribution in [3.05, 3.63) is 55.7 Å². The molecule has 0 aliphatic heterocycles. The summed E-state index contributed by atoms with van der Waals surface area (Å²) < 4.78 is 1.60. The molecule has 1 fully saturated rings. The Kier molecular flexibility index (Phi) is 5.65. The van der Waals surface area contributed by atoms with Gasteiger partial charge in [0.25, 0.3) is 5.56 Å². The van der Waals surface area contributed by atoms with Crippen molar-refractivity contribution in [3.63, 3.8) is 0 Å². The molecule has 1 aromatic carbocycles. The van der Waals surface area contributed by atoms with Crippen LogP contribution in [0.3, 0.4) is 0 Å². The summed E-state index contributed by atoms with van der Waals surface area (Å²) in [5, 5.41) is 19.8. The van der Waals surface area contributed by atoms with Gasteiger partial charge in [-0.05, 0) is 55.9 Å². The van der Waals surface area contributed by atoms with Crippen LogP contribution in [0.4, 0.5) is 0 Å². The molecule has 2 aromatic rings. The number of nitrogens with zero attached hydrogens (tertiary/aromatic N) is 1. The van der Waals surface area contributed by atoms with Gasteiger partial charge in [0, 0.05) is 22.4 Å². The van der Waals surface area contributed by atoms with E-state index in [1.165, 1.54) is 11.8 Å². The minimum absolute atomic E-state index is 0.0133. The van der Waals surface area contributed by atoms with Crippen LogP contribution in [0.5, 0.6) is 0 Å². The van der Waals surface area contributed by atoms with Crippen LogP contribution in [0.25, 0.3) is 0 Å². The maximum atomic E-state index is 12.6. The number of H-pyrrole nitrogens is 1. The zero-order valence-corrected chi connectivity index (χ0v) is 16.7. The lowest BCUT2D eigenvalue weighted by molar-refractivity contribution is 0.118. The Balaban J connectivity index is 2.05. The molecular formula is C20H26N2O4S. The summed E-state index contributed by atoms with van der Waals surface area (Å²) >= 11 is 1.43. The molecule has 1 atom stereocenters. The van der Waals surface area contributed by atoms with Gasteiger partial charge in [-0.3, -0.25) is 14.3 Å². The number of aliphatic hydroxyl groups excluding tert-OH is 2. The number of hydrogen-bond donors (Lipinski definition) is 3. The maximum absolute atomic E-state index is 12.6. The summed E-state index contributed by atoms with van der Waals surface area (Å²) in [7, 11) is 0. The van der Waals surface area contributed by atoms with Gasteiger partial charge in [-0.1, -0.05) is 24.8 Å². The van der Waals surface area contributed by atoms with Crippen molar-refractivity contribution in [1.82, 2.24) is 9.55 Å². The standard InChI is InChI=1S/C20H26N2O4S/c1-4-16-17(25)21-19(26)22(9-14-8-20(14,10-23)11-24)18(16)27-15-6-12(2)5-13(3)7-15/h5-7,14,23-24H,4,8-11H2,1-3H3,(H,21,25,26). The van der Waals surface area contributed by atoms with Crippen LogP contribution in [-0.2, 0) is 13.0 Å². The van der Waals surface area contributed by atoms with E-state index in [1.807, 2.05) is 32.9 Å². The van der Waals surface area contributed by atoms with E-state index in [-0.39, 0.29) is 24.7 Å². The van der Waals surface area contributed by atoms with Gasteiger partial charge in [0.1, 0.15) is 0 Å². The molecule has 0 spiro atoms. The third kappa shape index (κ3) is 3.90. The van der Waals surface area contributed by atoms with Crippen molar-refractivity contribution in [2.45, 2.75) is 50.1 Å². The van der Waals surface area contributed by atoms with Crippen molar-refractivity contribution < 1.29 is 10.2 Å². The summed E-state index contributed by atoms with van der Waals surface area (Å²) in [4.78, 5) is 28.3. The van der Waals surface area contributed by atoms with Crippen molar-refractivity contribution >= 4 is 11.8 Å².